The Morgan fingerprint density at radius 2 is 2.06 bits per heavy atom. The molecule has 0 fully saturated rings. The Morgan fingerprint density at radius 1 is 1.39 bits per heavy atom. The van der Waals surface area contributed by atoms with Gasteiger partial charge in [0.2, 0.25) is 5.78 Å². The SMILES string of the molecule is CCN(CC)C(=O)C(=O)C(N)Cc1cccnc1. The normalized spacial score (nSPS) is 11.9. The van der Waals surface area contributed by atoms with Crippen LogP contribution in [0.4, 0.5) is 0 Å². The lowest BCUT2D eigenvalue weighted by molar-refractivity contribution is -0.145. The van der Waals surface area contributed by atoms with Crippen LogP contribution in [0.5, 0.6) is 0 Å². The van der Waals surface area contributed by atoms with Crippen LogP contribution in [0.3, 0.4) is 0 Å². The molecule has 18 heavy (non-hydrogen) atoms. The summed E-state index contributed by atoms with van der Waals surface area (Å²) in [5.74, 6) is -1.04. The number of nitrogens with two attached hydrogens (primary N) is 1. The van der Waals surface area contributed by atoms with Crippen molar-refractivity contribution in [1.29, 1.82) is 0 Å². The maximum atomic E-state index is 11.9. The maximum Gasteiger partial charge on any atom is 0.291 e. The number of carbonyl (C=O) groups is 2. The minimum atomic E-state index is -0.803. The zero-order chi connectivity index (χ0) is 13.5. The first-order valence-corrected chi connectivity index (χ1v) is 6.07. The van der Waals surface area contributed by atoms with E-state index in [4.69, 9.17) is 5.73 Å². The smallest absolute Gasteiger partial charge is 0.291 e. The Bertz CT molecular complexity index is 402. The highest BCUT2D eigenvalue weighted by molar-refractivity contribution is 6.38. The van der Waals surface area contributed by atoms with E-state index < -0.39 is 17.7 Å². The van der Waals surface area contributed by atoms with Gasteiger partial charge in [-0.05, 0) is 31.9 Å². The molecular formula is C13H19N3O2. The number of nitrogens with zero attached hydrogens (tertiary/aromatic N) is 2. The summed E-state index contributed by atoms with van der Waals surface area (Å²) >= 11 is 0. The van der Waals surface area contributed by atoms with Crippen molar-refractivity contribution in [3.63, 3.8) is 0 Å². The molecule has 1 atom stereocenters. The van der Waals surface area contributed by atoms with Gasteiger partial charge in [0.05, 0.1) is 6.04 Å². The predicted octanol–water partition coefficient (Wildman–Crippen LogP) is 0.389. The second-order valence-corrected chi connectivity index (χ2v) is 4.01. The van der Waals surface area contributed by atoms with Crippen LogP contribution in [0, 0.1) is 0 Å². The second kappa shape index (κ2) is 6.86. The first-order valence-electron chi connectivity index (χ1n) is 6.07. The van der Waals surface area contributed by atoms with E-state index in [0.29, 0.717) is 19.5 Å². The number of hydrogen-bond acceptors (Lipinski definition) is 4. The average molecular weight is 249 g/mol. The van der Waals surface area contributed by atoms with Crippen LogP contribution in [0.25, 0.3) is 0 Å². The summed E-state index contributed by atoms with van der Waals surface area (Å²) < 4.78 is 0. The highest BCUT2D eigenvalue weighted by atomic mass is 16.2. The Morgan fingerprint density at radius 3 is 2.56 bits per heavy atom. The molecule has 1 rings (SSSR count). The van der Waals surface area contributed by atoms with E-state index in [2.05, 4.69) is 4.98 Å². The van der Waals surface area contributed by atoms with Gasteiger partial charge in [0.25, 0.3) is 5.91 Å². The first kappa shape index (κ1) is 14.3. The predicted molar refractivity (Wildman–Crippen MR) is 68.9 cm³/mol. The van der Waals surface area contributed by atoms with Gasteiger partial charge in [0, 0.05) is 25.5 Å². The van der Waals surface area contributed by atoms with Crippen LogP contribution >= 0.6 is 0 Å². The summed E-state index contributed by atoms with van der Waals surface area (Å²) in [6, 6.07) is 2.81. The molecule has 0 saturated carbocycles. The fourth-order valence-electron chi connectivity index (χ4n) is 1.69. The maximum absolute atomic E-state index is 11.9. The average Bonchev–Trinajstić information content (AvgIpc) is 2.40. The van der Waals surface area contributed by atoms with Crippen molar-refractivity contribution in [2.75, 3.05) is 13.1 Å². The van der Waals surface area contributed by atoms with Gasteiger partial charge in [-0.3, -0.25) is 14.6 Å². The quantitative estimate of drug-likeness (QED) is 0.740. The monoisotopic (exact) mass is 249 g/mol. The topological polar surface area (TPSA) is 76.3 Å². The highest BCUT2D eigenvalue weighted by Crippen LogP contribution is 2.02. The van der Waals surface area contributed by atoms with Gasteiger partial charge in [-0.1, -0.05) is 6.07 Å². The van der Waals surface area contributed by atoms with Gasteiger partial charge in [-0.2, -0.15) is 0 Å². The van der Waals surface area contributed by atoms with Crippen molar-refractivity contribution in [2.24, 2.45) is 5.73 Å². The molecule has 0 bridgehead atoms. The van der Waals surface area contributed by atoms with E-state index in [-0.39, 0.29) is 0 Å². The number of rotatable bonds is 6. The number of hydrogen-bond donors (Lipinski definition) is 1. The molecule has 1 unspecified atom stereocenters. The molecule has 98 valence electrons. The van der Waals surface area contributed by atoms with Gasteiger partial charge in [0.15, 0.2) is 0 Å². The van der Waals surface area contributed by atoms with Crippen LogP contribution < -0.4 is 5.73 Å². The Labute approximate surface area is 107 Å². The van der Waals surface area contributed by atoms with Gasteiger partial charge in [-0.15, -0.1) is 0 Å². The number of pyridine rings is 1. The molecule has 0 aliphatic rings. The first-order chi connectivity index (χ1) is 8.60. The third kappa shape index (κ3) is 3.63. The van der Waals surface area contributed by atoms with Crippen molar-refractivity contribution in [2.45, 2.75) is 26.3 Å². The molecule has 0 aliphatic carbocycles. The van der Waals surface area contributed by atoms with Gasteiger partial charge < -0.3 is 10.6 Å². The molecule has 0 aliphatic heterocycles. The lowest BCUT2D eigenvalue weighted by Gasteiger charge is -2.19. The molecule has 2 N–H and O–H groups in total. The molecule has 1 heterocycles. The lowest BCUT2D eigenvalue weighted by Crippen LogP contribution is -2.45. The Balaban J connectivity index is 2.64. The van der Waals surface area contributed by atoms with E-state index in [1.54, 1.807) is 18.5 Å². The van der Waals surface area contributed by atoms with E-state index in [1.807, 2.05) is 19.9 Å². The summed E-state index contributed by atoms with van der Waals surface area (Å²) in [5.41, 5.74) is 6.63. The standard InChI is InChI=1S/C13H19N3O2/c1-3-16(4-2)13(18)12(17)11(14)8-10-6-5-7-15-9-10/h5-7,9,11H,3-4,8,14H2,1-2H3. The molecule has 0 saturated heterocycles. The highest BCUT2D eigenvalue weighted by Gasteiger charge is 2.25. The van der Waals surface area contributed by atoms with E-state index in [0.717, 1.165) is 5.56 Å². The van der Waals surface area contributed by atoms with Gasteiger partial charge >= 0.3 is 0 Å². The van der Waals surface area contributed by atoms with Crippen molar-refractivity contribution in [3.05, 3.63) is 30.1 Å². The van der Waals surface area contributed by atoms with Crippen LogP contribution in [-0.4, -0.2) is 40.7 Å². The Kier molecular flexibility index (Phi) is 5.45. The zero-order valence-electron chi connectivity index (χ0n) is 10.8. The molecule has 1 aromatic rings. The zero-order valence-corrected chi connectivity index (χ0v) is 10.8. The summed E-state index contributed by atoms with van der Waals surface area (Å²) in [5, 5.41) is 0. The van der Waals surface area contributed by atoms with E-state index in [1.165, 1.54) is 4.90 Å². The summed E-state index contributed by atoms with van der Waals surface area (Å²) in [4.78, 5) is 29.1. The van der Waals surface area contributed by atoms with E-state index >= 15 is 0 Å². The van der Waals surface area contributed by atoms with Crippen LogP contribution in [0.15, 0.2) is 24.5 Å². The minimum Gasteiger partial charge on any atom is -0.337 e. The fraction of sp³-hybridized carbons (Fsp3) is 0.462. The number of aromatic nitrogens is 1. The molecule has 0 radical (unpaired) electrons. The Hall–Kier alpha value is -1.75. The third-order valence-corrected chi connectivity index (χ3v) is 2.78. The van der Waals surface area contributed by atoms with Gasteiger partial charge in [-0.25, -0.2) is 0 Å². The number of amides is 1. The molecule has 0 aromatic carbocycles. The summed E-state index contributed by atoms with van der Waals surface area (Å²) in [6.45, 7) is 4.70. The van der Waals surface area contributed by atoms with Gasteiger partial charge in [0.1, 0.15) is 0 Å². The van der Waals surface area contributed by atoms with Crippen LogP contribution in [0.2, 0.25) is 0 Å². The summed E-state index contributed by atoms with van der Waals surface area (Å²) in [6.07, 6.45) is 3.63. The number of likely N-dealkylation sites (N-methyl/N-ethyl adjacent to an activating group) is 1. The number of ketones is 1. The molecular weight excluding hydrogens is 230 g/mol. The number of Topliss-reactive ketones (excluding diaryl/α,β-unsaturated/α-hetero) is 1. The molecule has 0 spiro atoms. The van der Waals surface area contributed by atoms with Crippen molar-refractivity contribution in [1.82, 2.24) is 9.88 Å². The van der Waals surface area contributed by atoms with Crippen molar-refractivity contribution >= 4 is 11.7 Å². The minimum absolute atomic E-state index is 0.333. The summed E-state index contributed by atoms with van der Waals surface area (Å²) in [7, 11) is 0. The molecule has 5 nitrogen and oxygen atoms in total. The third-order valence-electron chi connectivity index (χ3n) is 2.78. The lowest BCUT2D eigenvalue weighted by atomic mass is 10.0. The van der Waals surface area contributed by atoms with Crippen molar-refractivity contribution in [3.8, 4) is 0 Å². The molecule has 1 amide bonds. The second-order valence-electron chi connectivity index (χ2n) is 4.01. The number of carbonyl (C=O) groups excluding carboxylic acids is 2. The largest absolute Gasteiger partial charge is 0.337 e. The molecule has 5 heteroatoms. The van der Waals surface area contributed by atoms with Crippen molar-refractivity contribution < 1.29 is 9.59 Å². The fourth-order valence-corrected chi connectivity index (χ4v) is 1.69. The van der Waals surface area contributed by atoms with Crippen LogP contribution in [-0.2, 0) is 16.0 Å². The van der Waals surface area contributed by atoms with E-state index in [9.17, 15) is 9.59 Å². The molecule has 1 aromatic heterocycles. The van der Waals surface area contributed by atoms with Crippen LogP contribution in [0.1, 0.15) is 19.4 Å².